The van der Waals surface area contributed by atoms with Gasteiger partial charge in [-0.25, -0.2) is 0 Å². The number of aliphatic hydroxyl groups excluding tert-OH is 1. The van der Waals surface area contributed by atoms with Crippen LogP contribution in [0.5, 0.6) is 0 Å². The number of hydrogen-bond donors (Lipinski definition) is 1. The molecule has 1 aromatic heterocycles. The molecule has 0 saturated heterocycles. The Labute approximate surface area is 157 Å². The van der Waals surface area contributed by atoms with Gasteiger partial charge >= 0.3 is 0 Å². The van der Waals surface area contributed by atoms with Crippen LogP contribution in [0.4, 0.5) is 0 Å². The van der Waals surface area contributed by atoms with E-state index in [1.807, 2.05) is 6.07 Å². The van der Waals surface area contributed by atoms with E-state index >= 15 is 0 Å². The highest BCUT2D eigenvalue weighted by Crippen LogP contribution is 2.12. The summed E-state index contributed by atoms with van der Waals surface area (Å²) in [5, 5.41) is 10.3. The van der Waals surface area contributed by atoms with Crippen LogP contribution in [0.2, 0.25) is 0 Å². The first-order valence-electron chi connectivity index (χ1n) is 9.18. The smallest absolute Gasteiger partial charge is 0.107 e. The van der Waals surface area contributed by atoms with E-state index in [2.05, 4.69) is 71.8 Å². The summed E-state index contributed by atoms with van der Waals surface area (Å²) in [6.07, 6.45) is 6.75. The minimum atomic E-state index is -0.542. The molecule has 0 radical (unpaired) electrons. The van der Waals surface area contributed by atoms with Gasteiger partial charge in [0.1, 0.15) is 6.61 Å². The zero-order valence-electron chi connectivity index (χ0n) is 15.8. The Morgan fingerprint density at radius 3 is 2.62 bits per heavy atom. The van der Waals surface area contributed by atoms with Gasteiger partial charge in [0.2, 0.25) is 0 Å². The van der Waals surface area contributed by atoms with E-state index in [0.717, 1.165) is 19.6 Å². The zero-order chi connectivity index (χ0) is 18.8. The summed E-state index contributed by atoms with van der Waals surface area (Å²) in [6, 6.07) is 14.7. The first-order chi connectivity index (χ1) is 12.6. The SMILES string of the molecule is C#CCOC[C@H](O)CN(Cc1cccn1Cc1ccccc1)CC(C)C. The van der Waals surface area contributed by atoms with Gasteiger partial charge in [-0.05, 0) is 23.6 Å². The molecule has 4 heteroatoms. The molecule has 1 heterocycles. The van der Waals surface area contributed by atoms with Crippen molar-refractivity contribution in [3.8, 4) is 12.3 Å². The van der Waals surface area contributed by atoms with Crippen LogP contribution in [0.25, 0.3) is 0 Å². The Morgan fingerprint density at radius 1 is 1.15 bits per heavy atom. The molecule has 1 N–H and O–H groups in total. The van der Waals surface area contributed by atoms with Crippen LogP contribution < -0.4 is 0 Å². The van der Waals surface area contributed by atoms with Gasteiger partial charge in [-0.3, -0.25) is 4.90 Å². The monoisotopic (exact) mass is 354 g/mol. The molecule has 0 aliphatic rings. The lowest BCUT2D eigenvalue weighted by atomic mass is 10.2. The summed E-state index contributed by atoms with van der Waals surface area (Å²) in [6.45, 7) is 8.03. The second-order valence-electron chi connectivity index (χ2n) is 7.07. The average Bonchev–Trinajstić information content (AvgIpc) is 3.02. The fourth-order valence-corrected chi connectivity index (χ4v) is 3.08. The highest BCUT2D eigenvalue weighted by atomic mass is 16.5. The van der Waals surface area contributed by atoms with Crippen molar-refractivity contribution < 1.29 is 9.84 Å². The summed E-state index contributed by atoms with van der Waals surface area (Å²) < 4.78 is 7.54. The fourth-order valence-electron chi connectivity index (χ4n) is 3.08. The van der Waals surface area contributed by atoms with Gasteiger partial charge in [-0.15, -0.1) is 6.42 Å². The largest absolute Gasteiger partial charge is 0.389 e. The third-order valence-corrected chi connectivity index (χ3v) is 4.09. The maximum atomic E-state index is 10.3. The van der Waals surface area contributed by atoms with Crippen molar-refractivity contribution in [2.75, 3.05) is 26.3 Å². The van der Waals surface area contributed by atoms with E-state index in [0.29, 0.717) is 12.5 Å². The Kier molecular flexibility index (Phi) is 8.43. The molecule has 4 nitrogen and oxygen atoms in total. The lowest BCUT2D eigenvalue weighted by Gasteiger charge is -2.27. The summed E-state index contributed by atoms with van der Waals surface area (Å²) in [5.41, 5.74) is 2.52. The molecule has 2 rings (SSSR count). The van der Waals surface area contributed by atoms with Crippen LogP contribution in [0.1, 0.15) is 25.1 Å². The minimum absolute atomic E-state index is 0.237. The molecule has 26 heavy (non-hydrogen) atoms. The van der Waals surface area contributed by atoms with Crippen molar-refractivity contribution in [2.24, 2.45) is 5.92 Å². The molecule has 1 atom stereocenters. The van der Waals surface area contributed by atoms with Crippen molar-refractivity contribution in [1.29, 1.82) is 0 Å². The number of benzene rings is 1. The van der Waals surface area contributed by atoms with Gasteiger partial charge in [-0.1, -0.05) is 50.1 Å². The topological polar surface area (TPSA) is 37.6 Å². The van der Waals surface area contributed by atoms with Crippen LogP contribution in [-0.2, 0) is 17.8 Å². The van der Waals surface area contributed by atoms with Crippen LogP contribution in [0.3, 0.4) is 0 Å². The van der Waals surface area contributed by atoms with Gasteiger partial charge in [0.25, 0.3) is 0 Å². The number of nitrogens with zero attached hydrogens (tertiary/aromatic N) is 2. The van der Waals surface area contributed by atoms with Crippen molar-refractivity contribution >= 4 is 0 Å². The van der Waals surface area contributed by atoms with Gasteiger partial charge in [0.15, 0.2) is 0 Å². The maximum Gasteiger partial charge on any atom is 0.107 e. The predicted molar refractivity (Wildman–Crippen MR) is 106 cm³/mol. The van der Waals surface area contributed by atoms with E-state index in [4.69, 9.17) is 11.2 Å². The standard InChI is InChI=1S/C22H30N2O2/c1-4-13-26-18-22(25)17-23(14-19(2)3)16-21-11-8-12-24(21)15-20-9-6-5-7-10-20/h1,5-12,19,22,25H,13-18H2,2-3H3/t22-/m1/s1. The molecule has 0 aliphatic carbocycles. The third kappa shape index (κ3) is 7.05. The Hall–Kier alpha value is -2.06. The van der Waals surface area contributed by atoms with Gasteiger partial charge in [0, 0.05) is 38.1 Å². The first kappa shape index (κ1) is 20.3. The van der Waals surface area contributed by atoms with Crippen molar-refractivity contribution in [3.05, 3.63) is 59.9 Å². The average molecular weight is 354 g/mol. The lowest BCUT2D eigenvalue weighted by Crippen LogP contribution is -2.37. The summed E-state index contributed by atoms with van der Waals surface area (Å²) in [4.78, 5) is 2.28. The molecule has 0 aliphatic heterocycles. The van der Waals surface area contributed by atoms with Gasteiger partial charge in [-0.2, -0.15) is 0 Å². The zero-order valence-corrected chi connectivity index (χ0v) is 15.8. The first-order valence-corrected chi connectivity index (χ1v) is 9.18. The number of aliphatic hydroxyl groups is 1. The minimum Gasteiger partial charge on any atom is -0.389 e. The number of aromatic nitrogens is 1. The Morgan fingerprint density at radius 2 is 1.92 bits per heavy atom. The molecule has 140 valence electrons. The van der Waals surface area contributed by atoms with Crippen molar-refractivity contribution in [2.45, 2.75) is 33.0 Å². The summed E-state index contributed by atoms with van der Waals surface area (Å²) in [7, 11) is 0. The second kappa shape index (κ2) is 10.8. The molecule has 0 saturated carbocycles. The van der Waals surface area contributed by atoms with Crippen LogP contribution in [0, 0.1) is 18.3 Å². The molecule has 0 spiro atoms. The third-order valence-electron chi connectivity index (χ3n) is 4.09. The Balaban J connectivity index is 1.99. The van der Waals surface area contributed by atoms with Crippen LogP contribution >= 0.6 is 0 Å². The quantitative estimate of drug-likeness (QED) is 0.498. The van der Waals surface area contributed by atoms with E-state index in [1.165, 1.54) is 11.3 Å². The van der Waals surface area contributed by atoms with E-state index in [-0.39, 0.29) is 13.2 Å². The summed E-state index contributed by atoms with van der Waals surface area (Å²) >= 11 is 0. The molecule has 2 aromatic rings. The number of ether oxygens (including phenoxy) is 1. The molecular weight excluding hydrogens is 324 g/mol. The molecule has 0 bridgehead atoms. The Bertz CT molecular complexity index is 673. The highest BCUT2D eigenvalue weighted by Gasteiger charge is 2.15. The van der Waals surface area contributed by atoms with Gasteiger partial charge < -0.3 is 14.4 Å². The predicted octanol–water partition coefficient (Wildman–Crippen LogP) is 3.01. The molecular formula is C22H30N2O2. The molecule has 0 fully saturated rings. The van der Waals surface area contributed by atoms with E-state index in [1.54, 1.807) is 0 Å². The van der Waals surface area contributed by atoms with Gasteiger partial charge in [0.05, 0.1) is 12.7 Å². The molecule has 0 amide bonds. The van der Waals surface area contributed by atoms with Crippen molar-refractivity contribution in [1.82, 2.24) is 9.47 Å². The number of hydrogen-bond acceptors (Lipinski definition) is 3. The van der Waals surface area contributed by atoms with Crippen molar-refractivity contribution in [3.63, 3.8) is 0 Å². The fraction of sp³-hybridized carbons (Fsp3) is 0.455. The number of rotatable bonds is 11. The molecule has 0 unspecified atom stereocenters. The van der Waals surface area contributed by atoms with Crippen LogP contribution in [-0.4, -0.2) is 47.0 Å². The summed E-state index contributed by atoms with van der Waals surface area (Å²) in [5.74, 6) is 2.95. The lowest BCUT2D eigenvalue weighted by molar-refractivity contribution is 0.0233. The number of terminal acetylenes is 1. The normalized spacial score (nSPS) is 12.5. The second-order valence-corrected chi connectivity index (χ2v) is 7.07. The molecule has 1 aromatic carbocycles. The maximum absolute atomic E-state index is 10.3. The highest BCUT2D eigenvalue weighted by molar-refractivity contribution is 5.17. The van der Waals surface area contributed by atoms with Crippen LogP contribution in [0.15, 0.2) is 48.7 Å². The van der Waals surface area contributed by atoms with E-state index < -0.39 is 6.10 Å². The van der Waals surface area contributed by atoms with E-state index in [9.17, 15) is 5.11 Å².